The van der Waals surface area contributed by atoms with Crippen molar-refractivity contribution in [3.8, 4) is 0 Å². The first-order chi connectivity index (χ1) is 12.1. The smallest absolute Gasteiger partial charge is 0.289 e. The molecule has 3 amide bonds. The van der Waals surface area contributed by atoms with Crippen LogP contribution in [0.2, 0.25) is 0 Å². The maximum Gasteiger partial charge on any atom is 0.289 e. The van der Waals surface area contributed by atoms with E-state index in [1.165, 1.54) is 6.26 Å². The van der Waals surface area contributed by atoms with Crippen molar-refractivity contribution in [2.24, 2.45) is 5.92 Å². The van der Waals surface area contributed by atoms with Crippen LogP contribution in [-0.4, -0.2) is 71.7 Å². The number of likely N-dealkylation sites (tertiary alicyclic amines) is 1. The molecule has 7 heteroatoms. The predicted molar refractivity (Wildman–Crippen MR) is 90.8 cm³/mol. The van der Waals surface area contributed by atoms with Gasteiger partial charge in [0.1, 0.15) is 0 Å². The summed E-state index contributed by atoms with van der Waals surface area (Å²) in [6.45, 7) is 5.27. The van der Waals surface area contributed by atoms with Crippen LogP contribution in [0, 0.1) is 5.92 Å². The summed E-state index contributed by atoms with van der Waals surface area (Å²) in [5.41, 5.74) is 0. The van der Waals surface area contributed by atoms with Gasteiger partial charge < -0.3 is 19.1 Å². The minimum absolute atomic E-state index is 0.0112. The number of furan rings is 1. The van der Waals surface area contributed by atoms with E-state index in [0.29, 0.717) is 45.0 Å². The molecule has 0 radical (unpaired) electrons. The van der Waals surface area contributed by atoms with E-state index < -0.39 is 0 Å². The zero-order valence-electron chi connectivity index (χ0n) is 14.6. The lowest BCUT2D eigenvalue weighted by molar-refractivity contribution is -0.140. The largest absolute Gasteiger partial charge is 0.459 e. The molecule has 0 saturated carbocycles. The van der Waals surface area contributed by atoms with Gasteiger partial charge in [0.15, 0.2) is 5.76 Å². The maximum absolute atomic E-state index is 12.8. The topological polar surface area (TPSA) is 74.1 Å². The predicted octanol–water partition coefficient (Wildman–Crippen LogP) is 1.21. The van der Waals surface area contributed by atoms with E-state index in [2.05, 4.69) is 0 Å². The van der Waals surface area contributed by atoms with Gasteiger partial charge in [0.2, 0.25) is 11.8 Å². The van der Waals surface area contributed by atoms with Gasteiger partial charge in [-0.1, -0.05) is 0 Å². The Bertz CT molecular complexity index is 620. The van der Waals surface area contributed by atoms with Gasteiger partial charge in [0.25, 0.3) is 5.91 Å². The van der Waals surface area contributed by atoms with Crippen LogP contribution in [0.15, 0.2) is 22.8 Å². The highest BCUT2D eigenvalue weighted by atomic mass is 16.3. The van der Waals surface area contributed by atoms with Gasteiger partial charge in [-0.15, -0.1) is 0 Å². The Morgan fingerprint density at radius 1 is 0.960 bits per heavy atom. The normalized spacial score (nSPS) is 19.6. The number of carbonyl (C=O) groups excluding carboxylic acids is 3. The molecule has 1 aromatic heterocycles. The van der Waals surface area contributed by atoms with Gasteiger partial charge in [-0.05, 0) is 31.4 Å². The average molecular weight is 347 g/mol. The van der Waals surface area contributed by atoms with Crippen molar-refractivity contribution in [2.75, 3.05) is 39.3 Å². The van der Waals surface area contributed by atoms with E-state index in [1.54, 1.807) is 28.9 Å². The summed E-state index contributed by atoms with van der Waals surface area (Å²) in [4.78, 5) is 42.0. The Morgan fingerprint density at radius 2 is 1.64 bits per heavy atom. The molecule has 0 aromatic carbocycles. The third-order valence-corrected chi connectivity index (χ3v) is 5.12. The minimum Gasteiger partial charge on any atom is -0.459 e. The second-order valence-corrected chi connectivity index (χ2v) is 6.73. The summed E-state index contributed by atoms with van der Waals surface area (Å²) < 4.78 is 5.18. The van der Waals surface area contributed by atoms with Crippen LogP contribution in [0.1, 0.15) is 36.7 Å². The van der Waals surface area contributed by atoms with Crippen LogP contribution < -0.4 is 0 Å². The fourth-order valence-corrected chi connectivity index (χ4v) is 3.60. The van der Waals surface area contributed by atoms with E-state index in [4.69, 9.17) is 4.42 Å². The number of carbonyl (C=O) groups is 3. The highest BCUT2D eigenvalue weighted by Crippen LogP contribution is 2.21. The van der Waals surface area contributed by atoms with Gasteiger partial charge in [0.05, 0.1) is 6.26 Å². The molecule has 25 heavy (non-hydrogen) atoms. The highest BCUT2D eigenvalue weighted by Gasteiger charge is 2.31. The molecule has 7 nitrogen and oxygen atoms in total. The van der Waals surface area contributed by atoms with Crippen LogP contribution in [0.3, 0.4) is 0 Å². The van der Waals surface area contributed by atoms with Gasteiger partial charge in [-0.2, -0.15) is 0 Å². The number of piperidine rings is 1. The highest BCUT2D eigenvalue weighted by molar-refractivity contribution is 5.91. The molecule has 2 fully saturated rings. The zero-order valence-corrected chi connectivity index (χ0v) is 14.6. The fraction of sp³-hybridized carbons (Fsp3) is 0.611. The van der Waals surface area contributed by atoms with Crippen LogP contribution in [0.25, 0.3) is 0 Å². The molecule has 3 rings (SSSR count). The number of rotatable bonds is 2. The first-order valence-electron chi connectivity index (χ1n) is 8.93. The van der Waals surface area contributed by atoms with Gasteiger partial charge in [-0.3, -0.25) is 14.4 Å². The standard InChI is InChI=1S/C18H25N3O4/c1-14(22)19-9-5-15(6-10-19)17(23)20-7-3-8-21(12-11-20)18(24)16-4-2-13-25-16/h2,4,13,15H,3,5-12H2,1H3. The Kier molecular flexibility index (Phi) is 5.40. The van der Waals surface area contributed by atoms with E-state index in [-0.39, 0.29) is 23.6 Å². The van der Waals surface area contributed by atoms with E-state index >= 15 is 0 Å². The Morgan fingerprint density at radius 3 is 2.28 bits per heavy atom. The maximum atomic E-state index is 12.8. The van der Waals surface area contributed by atoms with Crippen molar-refractivity contribution < 1.29 is 18.8 Å². The molecule has 0 unspecified atom stereocenters. The molecular formula is C18H25N3O4. The number of hydrogen-bond acceptors (Lipinski definition) is 4. The van der Waals surface area contributed by atoms with Crippen molar-refractivity contribution in [3.63, 3.8) is 0 Å². The molecule has 0 spiro atoms. The summed E-state index contributed by atoms with van der Waals surface area (Å²) in [5.74, 6) is 0.455. The van der Waals surface area contributed by atoms with Crippen LogP contribution in [0.4, 0.5) is 0 Å². The average Bonchev–Trinajstić information content (AvgIpc) is 3.05. The zero-order chi connectivity index (χ0) is 17.8. The van der Waals surface area contributed by atoms with Crippen molar-refractivity contribution in [2.45, 2.75) is 26.2 Å². The van der Waals surface area contributed by atoms with Crippen molar-refractivity contribution in [1.82, 2.24) is 14.7 Å². The second kappa shape index (κ2) is 7.72. The van der Waals surface area contributed by atoms with Crippen LogP contribution in [-0.2, 0) is 9.59 Å². The molecule has 0 aliphatic carbocycles. The molecule has 136 valence electrons. The van der Waals surface area contributed by atoms with Crippen molar-refractivity contribution in [3.05, 3.63) is 24.2 Å². The molecule has 2 aliphatic rings. The third-order valence-electron chi connectivity index (χ3n) is 5.12. The van der Waals surface area contributed by atoms with Gasteiger partial charge in [0, 0.05) is 52.1 Å². The summed E-state index contributed by atoms with van der Waals surface area (Å²) >= 11 is 0. The fourth-order valence-electron chi connectivity index (χ4n) is 3.60. The lowest BCUT2D eigenvalue weighted by atomic mass is 9.95. The van der Waals surface area contributed by atoms with Crippen LogP contribution >= 0.6 is 0 Å². The first kappa shape index (κ1) is 17.5. The molecular weight excluding hydrogens is 322 g/mol. The molecule has 0 N–H and O–H groups in total. The number of amides is 3. The first-order valence-corrected chi connectivity index (χ1v) is 8.93. The van der Waals surface area contributed by atoms with Crippen molar-refractivity contribution in [1.29, 1.82) is 0 Å². The SMILES string of the molecule is CC(=O)N1CCC(C(=O)N2CCCN(C(=O)c3ccco3)CC2)CC1. The Labute approximate surface area is 147 Å². The summed E-state index contributed by atoms with van der Waals surface area (Å²) in [6, 6.07) is 3.37. The molecule has 2 saturated heterocycles. The molecule has 0 bridgehead atoms. The lowest BCUT2D eigenvalue weighted by Gasteiger charge is -2.33. The molecule has 3 heterocycles. The van der Waals surface area contributed by atoms with Crippen molar-refractivity contribution >= 4 is 17.7 Å². The lowest BCUT2D eigenvalue weighted by Crippen LogP contribution is -2.45. The molecule has 0 atom stereocenters. The summed E-state index contributed by atoms with van der Waals surface area (Å²) in [6.07, 6.45) is 3.71. The molecule has 2 aliphatic heterocycles. The Hall–Kier alpha value is -2.31. The summed E-state index contributed by atoms with van der Waals surface area (Å²) in [7, 11) is 0. The van der Waals surface area contributed by atoms with Gasteiger partial charge in [-0.25, -0.2) is 0 Å². The number of hydrogen-bond donors (Lipinski definition) is 0. The minimum atomic E-state index is -0.117. The van der Waals surface area contributed by atoms with E-state index in [0.717, 1.165) is 19.3 Å². The third kappa shape index (κ3) is 4.03. The van der Waals surface area contributed by atoms with E-state index in [1.807, 2.05) is 4.90 Å². The quantitative estimate of drug-likeness (QED) is 0.806. The Balaban J connectivity index is 1.53. The van der Waals surface area contributed by atoms with Crippen LogP contribution in [0.5, 0.6) is 0 Å². The molecule has 1 aromatic rings. The van der Waals surface area contributed by atoms with E-state index in [9.17, 15) is 14.4 Å². The number of nitrogens with zero attached hydrogens (tertiary/aromatic N) is 3. The second-order valence-electron chi connectivity index (χ2n) is 6.73. The summed E-state index contributed by atoms with van der Waals surface area (Å²) in [5, 5.41) is 0. The van der Waals surface area contributed by atoms with Gasteiger partial charge >= 0.3 is 0 Å². The monoisotopic (exact) mass is 347 g/mol.